The second-order valence-corrected chi connectivity index (χ2v) is 8.43. The smallest absolute Gasteiger partial charge is 0.218 e. The van der Waals surface area contributed by atoms with E-state index in [1.807, 2.05) is 0 Å². The van der Waals surface area contributed by atoms with E-state index < -0.39 is 112 Å². The molecule has 0 aromatic rings. The zero-order chi connectivity index (χ0) is 25.4. The molecule has 0 bridgehead atoms. The first kappa shape index (κ1) is 27.9. The molecule has 0 radical (unpaired) electrons. The van der Waals surface area contributed by atoms with Gasteiger partial charge in [0.05, 0.1) is 26.4 Å². The Morgan fingerprint density at radius 2 is 1.21 bits per heavy atom. The Bertz CT molecular complexity index is 651. The standard InChI is InChI=1S/C18H32O16/c19-1-6-8(23)9(24)11(26)16(31-6)34-14-7(2-20)32-17(12(27)10(14)25)33-13-5(22)3-30-18(29,4-21)15(13)28/h5-17,19-29H,1-4H2/t5-,6-,7-,8+,9+,10-,11-,12-,13+,14+,15-,16+,17+,18?/m1/s1. The molecule has 200 valence electrons. The fourth-order valence-corrected chi connectivity index (χ4v) is 4.00. The highest BCUT2D eigenvalue weighted by atomic mass is 16.8. The summed E-state index contributed by atoms with van der Waals surface area (Å²) in [6.07, 6.45) is -22.1. The third kappa shape index (κ3) is 5.23. The average molecular weight is 504 g/mol. The van der Waals surface area contributed by atoms with Crippen LogP contribution in [-0.2, 0) is 23.7 Å². The van der Waals surface area contributed by atoms with Gasteiger partial charge in [-0.05, 0) is 0 Å². The van der Waals surface area contributed by atoms with Crippen LogP contribution in [0, 0.1) is 0 Å². The second-order valence-electron chi connectivity index (χ2n) is 8.43. The highest BCUT2D eigenvalue weighted by Gasteiger charge is 2.54. The van der Waals surface area contributed by atoms with Gasteiger partial charge in [-0.3, -0.25) is 0 Å². The first-order valence-corrected chi connectivity index (χ1v) is 10.6. The van der Waals surface area contributed by atoms with Crippen molar-refractivity contribution < 1.29 is 79.9 Å². The molecule has 0 saturated carbocycles. The van der Waals surface area contributed by atoms with E-state index in [2.05, 4.69) is 0 Å². The number of rotatable bonds is 7. The highest BCUT2D eigenvalue weighted by molar-refractivity contribution is 4.97. The lowest BCUT2D eigenvalue weighted by molar-refractivity contribution is -0.386. The summed E-state index contributed by atoms with van der Waals surface area (Å²) in [5.74, 6) is -2.48. The van der Waals surface area contributed by atoms with E-state index in [0.29, 0.717) is 0 Å². The largest absolute Gasteiger partial charge is 0.394 e. The maximum absolute atomic E-state index is 10.6. The van der Waals surface area contributed by atoms with Gasteiger partial charge in [0, 0.05) is 0 Å². The molecule has 3 aliphatic rings. The Labute approximate surface area is 192 Å². The van der Waals surface area contributed by atoms with E-state index in [-0.39, 0.29) is 0 Å². The van der Waals surface area contributed by atoms with Gasteiger partial charge < -0.3 is 79.9 Å². The third-order valence-corrected chi connectivity index (χ3v) is 6.13. The number of ether oxygens (including phenoxy) is 5. The lowest BCUT2D eigenvalue weighted by Gasteiger charge is -2.48. The molecule has 0 aromatic heterocycles. The summed E-state index contributed by atoms with van der Waals surface area (Å²) in [5, 5.41) is 110. The molecular weight excluding hydrogens is 472 g/mol. The van der Waals surface area contributed by atoms with Gasteiger partial charge >= 0.3 is 0 Å². The first-order valence-electron chi connectivity index (χ1n) is 10.6. The monoisotopic (exact) mass is 504 g/mol. The molecule has 16 nitrogen and oxygen atoms in total. The molecule has 1 unspecified atom stereocenters. The minimum Gasteiger partial charge on any atom is -0.394 e. The Morgan fingerprint density at radius 1 is 0.676 bits per heavy atom. The van der Waals surface area contributed by atoms with E-state index in [0.717, 1.165) is 0 Å². The van der Waals surface area contributed by atoms with Crippen molar-refractivity contribution >= 4 is 0 Å². The van der Waals surface area contributed by atoms with E-state index in [4.69, 9.17) is 23.7 Å². The van der Waals surface area contributed by atoms with Crippen LogP contribution < -0.4 is 0 Å². The van der Waals surface area contributed by atoms with Crippen molar-refractivity contribution in [2.45, 2.75) is 85.5 Å². The average Bonchev–Trinajstić information content (AvgIpc) is 2.83. The Hall–Kier alpha value is -0.640. The summed E-state index contributed by atoms with van der Waals surface area (Å²) < 4.78 is 26.2. The molecule has 34 heavy (non-hydrogen) atoms. The van der Waals surface area contributed by atoms with Crippen molar-refractivity contribution in [3.8, 4) is 0 Å². The molecule has 3 fully saturated rings. The minimum atomic E-state index is -2.48. The van der Waals surface area contributed by atoms with Gasteiger partial charge in [0.1, 0.15) is 67.1 Å². The quantitative estimate of drug-likeness (QED) is 0.154. The van der Waals surface area contributed by atoms with Gasteiger partial charge in [-0.1, -0.05) is 0 Å². The number of aliphatic hydroxyl groups excluding tert-OH is 10. The number of hydrogen-bond acceptors (Lipinski definition) is 16. The van der Waals surface area contributed by atoms with Crippen molar-refractivity contribution in [2.24, 2.45) is 0 Å². The van der Waals surface area contributed by atoms with Gasteiger partial charge in [-0.15, -0.1) is 0 Å². The van der Waals surface area contributed by atoms with Crippen LogP contribution in [0.3, 0.4) is 0 Å². The first-order chi connectivity index (χ1) is 16.0. The second kappa shape index (κ2) is 11.2. The van der Waals surface area contributed by atoms with Crippen LogP contribution in [-0.4, -0.2) is 168 Å². The maximum Gasteiger partial charge on any atom is 0.218 e. The molecule has 14 atom stereocenters. The SMILES string of the molecule is OC[C@H]1O[C@@H](O[C@@H]2[C@H](O)[C@@H](O)[C@H](O[C@H]3[C@H](O)COC(O)(CO)[C@@H]3O)O[C@@H]2CO)[C@H](O)[C@@H](O)[C@H]1O. The van der Waals surface area contributed by atoms with Crippen molar-refractivity contribution in [3.63, 3.8) is 0 Å². The molecule has 0 aliphatic carbocycles. The molecular formula is C18H32O16. The molecule has 3 rings (SSSR count). The normalized spacial score (nSPS) is 52.5. The van der Waals surface area contributed by atoms with Crippen LogP contribution >= 0.6 is 0 Å². The third-order valence-electron chi connectivity index (χ3n) is 6.13. The Kier molecular flexibility index (Phi) is 9.18. The molecule has 3 aliphatic heterocycles. The zero-order valence-corrected chi connectivity index (χ0v) is 17.8. The summed E-state index contributed by atoms with van der Waals surface area (Å²) in [5.41, 5.74) is 0. The lowest BCUT2D eigenvalue weighted by atomic mass is 9.95. The van der Waals surface area contributed by atoms with Crippen LogP contribution in [0.1, 0.15) is 0 Å². The molecule has 3 saturated heterocycles. The van der Waals surface area contributed by atoms with Crippen LogP contribution in [0.2, 0.25) is 0 Å². The van der Waals surface area contributed by atoms with Gasteiger partial charge in [-0.25, -0.2) is 0 Å². The molecule has 0 aromatic carbocycles. The fraction of sp³-hybridized carbons (Fsp3) is 1.00. The minimum absolute atomic E-state index is 0.559. The van der Waals surface area contributed by atoms with Crippen LogP contribution in [0.15, 0.2) is 0 Å². The molecule has 0 spiro atoms. The molecule has 16 heteroatoms. The zero-order valence-electron chi connectivity index (χ0n) is 17.8. The molecule has 11 N–H and O–H groups in total. The Balaban J connectivity index is 1.72. The van der Waals surface area contributed by atoms with Crippen LogP contribution in [0.4, 0.5) is 0 Å². The van der Waals surface area contributed by atoms with Gasteiger partial charge in [-0.2, -0.15) is 0 Å². The molecule has 3 heterocycles. The Morgan fingerprint density at radius 3 is 1.76 bits per heavy atom. The highest BCUT2D eigenvalue weighted by Crippen LogP contribution is 2.32. The number of hydrogen-bond donors (Lipinski definition) is 11. The summed E-state index contributed by atoms with van der Waals surface area (Å²) >= 11 is 0. The van der Waals surface area contributed by atoms with Crippen LogP contribution in [0.25, 0.3) is 0 Å². The van der Waals surface area contributed by atoms with E-state index >= 15 is 0 Å². The lowest BCUT2D eigenvalue weighted by Crippen LogP contribution is -2.67. The van der Waals surface area contributed by atoms with Crippen LogP contribution in [0.5, 0.6) is 0 Å². The predicted molar refractivity (Wildman–Crippen MR) is 101 cm³/mol. The van der Waals surface area contributed by atoms with Crippen molar-refractivity contribution in [1.29, 1.82) is 0 Å². The van der Waals surface area contributed by atoms with Gasteiger partial charge in [0.15, 0.2) is 12.6 Å². The van der Waals surface area contributed by atoms with E-state index in [1.54, 1.807) is 0 Å². The summed E-state index contributed by atoms with van der Waals surface area (Å²) in [4.78, 5) is 0. The fourth-order valence-electron chi connectivity index (χ4n) is 4.00. The predicted octanol–water partition coefficient (Wildman–Crippen LogP) is -7.57. The van der Waals surface area contributed by atoms with Crippen molar-refractivity contribution in [1.82, 2.24) is 0 Å². The maximum atomic E-state index is 10.6. The topological polar surface area (TPSA) is 269 Å². The van der Waals surface area contributed by atoms with Crippen molar-refractivity contribution in [2.75, 3.05) is 26.4 Å². The van der Waals surface area contributed by atoms with Gasteiger partial charge in [0.25, 0.3) is 0 Å². The van der Waals surface area contributed by atoms with E-state index in [9.17, 15) is 56.2 Å². The van der Waals surface area contributed by atoms with Gasteiger partial charge in [0.2, 0.25) is 5.79 Å². The summed E-state index contributed by atoms with van der Waals surface area (Å²) in [6, 6.07) is 0. The summed E-state index contributed by atoms with van der Waals surface area (Å²) in [7, 11) is 0. The number of aliphatic hydroxyl groups is 11. The molecule has 0 amide bonds. The van der Waals surface area contributed by atoms with Crippen molar-refractivity contribution in [3.05, 3.63) is 0 Å². The summed E-state index contributed by atoms with van der Waals surface area (Å²) in [6.45, 7) is -3.18. The van der Waals surface area contributed by atoms with E-state index in [1.165, 1.54) is 0 Å².